The first kappa shape index (κ1) is 60.6. The number of aliphatic carboxylic acids is 1. The van der Waals surface area contributed by atoms with E-state index in [9.17, 15) is 48.3 Å². The molecule has 73 heavy (non-hydrogen) atoms. The molecule has 1 fully saturated rings. The summed E-state index contributed by atoms with van der Waals surface area (Å²) in [5.41, 5.74) is -0.122. The van der Waals surface area contributed by atoms with Crippen molar-refractivity contribution in [1.29, 1.82) is 0 Å². The standard InChI is InChI=1S/C51H76Br2N8O12/c1-12-30(6)43(36(72-10)25-38(63)59-23-17-20-35(59)44(73-11)31(7)45(64)55-34(51(70)71)24-32-18-14-13-15-19-32)58(9)50(69)41(28(2)3)56-47(66)42(29(4)5)57(8)37(62)21-16-22-54-46(65)33-26-60-48(67)39(52)40(53)49(68)61(60)27-33/h13-15,18-19,28-31,33-36,41-44H,12,16-17,20-27H2,1-11H3,(H,54,65)(H,55,64)(H,56,66)(H,70,71)/t30-,31+,34-,35-,36+,41-,42-,43-,44+/m0/s1. The second-order valence-electron chi connectivity index (χ2n) is 20.1. The molecule has 20 nitrogen and oxygen atoms in total. The van der Waals surface area contributed by atoms with E-state index in [1.165, 1.54) is 35.5 Å². The summed E-state index contributed by atoms with van der Waals surface area (Å²) in [6.45, 7) is 13.4. The lowest BCUT2D eigenvalue weighted by Gasteiger charge is -2.41. The topological polar surface area (TPSA) is 248 Å². The van der Waals surface area contributed by atoms with E-state index in [0.717, 1.165) is 5.56 Å². The van der Waals surface area contributed by atoms with E-state index in [2.05, 4.69) is 47.8 Å². The molecule has 1 saturated heterocycles. The maximum absolute atomic E-state index is 14.6. The number of fused-ring (bicyclic) bond motifs is 1. The number of ether oxygens (including phenoxy) is 2. The molecule has 2 aromatic rings. The minimum absolute atomic E-state index is 0.00103. The number of benzene rings is 1. The van der Waals surface area contributed by atoms with Crippen LogP contribution in [0.25, 0.3) is 0 Å². The zero-order valence-corrected chi connectivity index (χ0v) is 47.2. The van der Waals surface area contributed by atoms with Crippen molar-refractivity contribution in [2.75, 3.05) is 41.4 Å². The van der Waals surface area contributed by atoms with Gasteiger partial charge in [0, 0.05) is 54.2 Å². The van der Waals surface area contributed by atoms with Crippen molar-refractivity contribution < 1.29 is 48.1 Å². The van der Waals surface area contributed by atoms with Crippen LogP contribution in [0.4, 0.5) is 0 Å². The molecular weight excluding hydrogens is 1080 g/mol. The number of aromatic nitrogens is 2. The van der Waals surface area contributed by atoms with E-state index >= 15 is 0 Å². The Morgan fingerprint density at radius 3 is 1.96 bits per heavy atom. The Morgan fingerprint density at radius 2 is 1.44 bits per heavy atom. The van der Waals surface area contributed by atoms with Gasteiger partial charge in [-0.25, -0.2) is 14.2 Å². The third-order valence-electron chi connectivity index (χ3n) is 14.4. The molecule has 9 atom stereocenters. The number of nitrogens with one attached hydrogen (secondary N) is 3. The molecule has 0 unspecified atom stereocenters. The zero-order valence-electron chi connectivity index (χ0n) is 44.0. The number of likely N-dealkylation sites (tertiary alicyclic amines) is 1. The fourth-order valence-corrected chi connectivity index (χ4v) is 10.9. The summed E-state index contributed by atoms with van der Waals surface area (Å²) in [5.74, 6) is -5.96. The van der Waals surface area contributed by atoms with Gasteiger partial charge in [-0.2, -0.15) is 0 Å². The third-order valence-corrected chi connectivity index (χ3v) is 16.5. The first-order chi connectivity index (χ1) is 34.4. The van der Waals surface area contributed by atoms with Crippen LogP contribution in [-0.2, 0) is 62.5 Å². The summed E-state index contributed by atoms with van der Waals surface area (Å²) in [5, 5.41) is 18.4. The van der Waals surface area contributed by atoms with Crippen LogP contribution in [0.2, 0.25) is 0 Å². The monoisotopic (exact) mass is 1150 g/mol. The van der Waals surface area contributed by atoms with Crippen LogP contribution in [0.1, 0.15) is 92.6 Å². The van der Waals surface area contributed by atoms with Gasteiger partial charge in [0.05, 0.1) is 55.6 Å². The highest BCUT2D eigenvalue weighted by Crippen LogP contribution is 2.30. The molecule has 2 aliphatic rings. The number of halogens is 2. The van der Waals surface area contributed by atoms with E-state index in [0.29, 0.717) is 25.8 Å². The molecule has 0 bridgehead atoms. The highest BCUT2D eigenvalue weighted by atomic mass is 79.9. The number of likely N-dealkylation sites (N-methyl/N-ethyl adjacent to an activating group) is 2. The lowest BCUT2D eigenvalue weighted by molar-refractivity contribution is -0.149. The Balaban J connectivity index is 1.40. The molecule has 0 saturated carbocycles. The van der Waals surface area contributed by atoms with Gasteiger partial charge >= 0.3 is 5.97 Å². The number of rotatable bonds is 26. The first-order valence-electron chi connectivity index (χ1n) is 25.1. The minimum atomic E-state index is -1.17. The van der Waals surface area contributed by atoms with Crippen molar-refractivity contribution in [3.05, 3.63) is 65.5 Å². The summed E-state index contributed by atoms with van der Waals surface area (Å²) >= 11 is 6.25. The maximum Gasteiger partial charge on any atom is 0.326 e. The van der Waals surface area contributed by atoms with Crippen molar-refractivity contribution >= 4 is 73.3 Å². The Kier molecular flexibility index (Phi) is 22.9. The molecule has 2 aliphatic heterocycles. The van der Waals surface area contributed by atoms with Crippen LogP contribution in [0.5, 0.6) is 0 Å². The average molecular weight is 1150 g/mol. The molecule has 1 aromatic carbocycles. The number of carbonyl (C=O) groups excluding carboxylic acids is 6. The number of hydrogen-bond donors (Lipinski definition) is 4. The number of carboxylic acid groups (broad SMARTS) is 1. The van der Waals surface area contributed by atoms with Crippen LogP contribution >= 0.6 is 31.9 Å². The number of nitrogens with zero attached hydrogens (tertiary/aromatic N) is 5. The van der Waals surface area contributed by atoms with Crippen molar-refractivity contribution in [3.8, 4) is 0 Å². The second kappa shape index (κ2) is 27.6. The zero-order chi connectivity index (χ0) is 54.6. The molecule has 0 aliphatic carbocycles. The number of carboxylic acids is 1. The normalized spacial score (nSPS) is 18.0. The van der Waals surface area contributed by atoms with Gasteiger partial charge in [0.1, 0.15) is 27.1 Å². The largest absolute Gasteiger partial charge is 0.480 e. The van der Waals surface area contributed by atoms with E-state index in [-0.39, 0.29) is 89.7 Å². The number of carbonyl (C=O) groups is 7. The van der Waals surface area contributed by atoms with Crippen molar-refractivity contribution in [3.63, 3.8) is 0 Å². The Bertz CT molecular complexity index is 2350. The van der Waals surface area contributed by atoms with Gasteiger partial charge in [-0.15, -0.1) is 0 Å². The fourth-order valence-electron chi connectivity index (χ4n) is 10.1. The highest BCUT2D eigenvalue weighted by Gasteiger charge is 2.44. The minimum Gasteiger partial charge on any atom is -0.480 e. The molecule has 6 amide bonds. The van der Waals surface area contributed by atoms with Crippen molar-refractivity contribution in [1.82, 2.24) is 40.0 Å². The van der Waals surface area contributed by atoms with E-state index in [1.807, 2.05) is 33.8 Å². The summed E-state index contributed by atoms with van der Waals surface area (Å²) < 4.78 is 14.6. The molecular formula is C51H76Br2N8O12. The molecule has 4 N–H and O–H groups in total. The maximum atomic E-state index is 14.6. The third kappa shape index (κ3) is 14.9. The van der Waals surface area contributed by atoms with Gasteiger partial charge in [-0.1, -0.05) is 85.2 Å². The average Bonchev–Trinajstić information content (AvgIpc) is 4.04. The van der Waals surface area contributed by atoms with Gasteiger partial charge in [0.2, 0.25) is 35.4 Å². The first-order valence-corrected chi connectivity index (χ1v) is 26.7. The molecule has 0 spiro atoms. The quantitative estimate of drug-likeness (QED) is 0.0991. The Hall–Kier alpha value is -4.93. The Morgan fingerprint density at radius 1 is 0.836 bits per heavy atom. The van der Waals surface area contributed by atoms with Crippen molar-refractivity contribution in [2.45, 2.75) is 149 Å². The molecule has 22 heteroatoms. The van der Waals surface area contributed by atoms with Gasteiger partial charge in [0.15, 0.2) is 0 Å². The van der Waals surface area contributed by atoms with E-state index in [4.69, 9.17) is 9.47 Å². The number of hydrogen-bond acceptors (Lipinski definition) is 11. The van der Waals surface area contributed by atoms with Crippen LogP contribution in [-0.4, -0.2) is 154 Å². The predicted octanol–water partition coefficient (Wildman–Crippen LogP) is 3.42. The summed E-state index contributed by atoms with van der Waals surface area (Å²) in [6, 6.07) is 4.76. The van der Waals surface area contributed by atoms with Crippen LogP contribution in [0, 0.1) is 29.6 Å². The number of amides is 6. The van der Waals surface area contributed by atoms with Gasteiger partial charge in [0.25, 0.3) is 11.1 Å². The SMILES string of the molecule is CC[C@H](C)[C@@H]([C@@H](CC(=O)N1CCC[C@H]1[C@H](OC)[C@@H](C)C(=O)N[C@@H](Cc1ccccc1)C(=O)O)OC)N(C)C(=O)[C@@H](NC(=O)[C@H](C(C)C)N(C)C(=O)CCCNC(=O)C1Cn2c(=O)c(Br)c(Br)c(=O)n2C1)C(C)C. The summed E-state index contributed by atoms with van der Waals surface area (Å²) in [7, 11) is 6.12. The summed E-state index contributed by atoms with van der Waals surface area (Å²) in [4.78, 5) is 126. The molecule has 0 radical (unpaired) electrons. The Labute approximate surface area is 444 Å². The van der Waals surface area contributed by atoms with Crippen LogP contribution in [0.3, 0.4) is 0 Å². The highest BCUT2D eigenvalue weighted by molar-refractivity contribution is 9.13. The lowest BCUT2D eigenvalue weighted by atomic mass is 9.89. The lowest BCUT2D eigenvalue weighted by Crippen LogP contribution is -2.60. The molecule has 1 aromatic heterocycles. The van der Waals surface area contributed by atoms with Crippen LogP contribution in [0.15, 0.2) is 48.9 Å². The molecule has 3 heterocycles. The number of methoxy groups -OCH3 is 2. The summed E-state index contributed by atoms with van der Waals surface area (Å²) in [6.07, 6.45) is 0.542. The van der Waals surface area contributed by atoms with Gasteiger partial charge < -0.3 is 45.2 Å². The molecule has 4 rings (SSSR count). The van der Waals surface area contributed by atoms with E-state index in [1.54, 1.807) is 61.9 Å². The molecule has 406 valence electrons. The van der Waals surface area contributed by atoms with Gasteiger partial charge in [-0.05, 0) is 74.4 Å². The van der Waals surface area contributed by atoms with Crippen LogP contribution < -0.4 is 27.1 Å². The van der Waals surface area contributed by atoms with Gasteiger partial charge in [-0.3, -0.25) is 38.4 Å². The van der Waals surface area contributed by atoms with Crippen molar-refractivity contribution in [2.24, 2.45) is 29.6 Å². The predicted molar refractivity (Wildman–Crippen MR) is 280 cm³/mol. The fraction of sp³-hybridized carbons (Fsp3) is 0.667. The second-order valence-corrected chi connectivity index (χ2v) is 21.7. The smallest absolute Gasteiger partial charge is 0.326 e. The van der Waals surface area contributed by atoms with E-state index < -0.39 is 89.1 Å².